The molecule has 0 fully saturated rings. The highest BCUT2D eigenvalue weighted by atomic mass is 19.1. The monoisotopic (exact) mass is 242 g/mol. The molecule has 0 bridgehead atoms. The van der Waals surface area contributed by atoms with Crippen LogP contribution in [-0.2, 0) is 4.74 Å². The Bertz CT molecular complexity index is 373. The molecule has 5 nitrogen and oxygen atoms in total. The highest BCUT2D eigenvalue weighted by Crippen LogP contribution is 2.08. The van der Waals surface area contributed by atoms with Crippen LogP contribution in [0.5, 0.6) is 0 Å². The number of halogens is 1. The van der Waals surface area contributed by atoms with Gasteiger partial charge in [-0.2, -0.15) is 0 Å². The number of aliphatic hydroxyl groups is 1. The summed E-state index contributed by atoms with van der Waals surface area (Å²) in [7, 11) is 1.51. The SMILES string of the molecule is COCCN(CCO)C(=O)c1ccncc1F. The quantitative estimate of drug-likeness (QED) is 0.779. The highest BCUT2D eigenvalue weighted by Gasteiger charge is 2.18. The van der Waals surface area contributed by atoms with Crippen molar-refractivity contribution in [1.29, 1.82) is 0 Å². The van der Waals surface area contributed by atoms with E-state index in [0.717, 1.165) is 6.20 Å². The van der Waals surface area contributed by atoms with Crippen LogP contribution in [0, 0.1) is 5.82 Å². The minimum atomic E-state index is -0.669. The fourth-order valence-electron chi connectivity index (χ4n) is 1.36. The average Bonchev–Trinajstić information content (AvgIpc) is 2.34. The molecule has 1 aromatic rings. The Morgan fingerprint density at radius 2 is 2.35 bits per heavy atom. The van der Waals surface area contributed by atoms with Gasteiger partial charge in [-0.05, 0) is 6.07 Å². The lowest BCUT2D eigenvalue weighted by atomic mass is 10.2. The maximum absolute atomic E-state index is 13.4. The van der Waals surface area contributed by atoms with E-state index in [0.29, 0.717) is 13.2 Å². The van der Waals surface area contributed by atoms with Gasteiger partial charge in [0.25, 0.3) is 5.91 Å². The van der Waals surface area contributed by atoms with Crippen LogP contribution in [-0.4, -0.2) is 54.3 Å². The van der Waals surface area contributed by atoms with Gasteiger partial charge in [0.05, 0.1) is 25.0 Å². The third kappa shape index (κ3) is 3.76. The second-order valence-corrected chi connectivity index (χ2v) is 3.36. The van der Waals surface area contributed by atoms with E-state index in [9.17, 15) is 9.18 Å². The zero-order valence-electron chi connectivity index (χ0n) is 9.60. The van der Waals surface area contributed by atoms with E-state index in [1.165, 1.54) is 24.3 Å². The average molecular weight is 242 g/mol. The molecule has 0 saturated carbocycles. The summed E-state index contributed by atoms with van der Waals surface area (Å²) in [6.07, 6.45) is 2.34. The largest absolute Gasteiger partial charge is 0.395 e. The molecule has 1 N–H and O–H groups in total. The van der Waals surface area contributed by atoms with E-state index >= 15 is 0 Å². The Morgan fingerprint density at radius 1 is 1.59 bits per heavy atom. The Balaban J connectivity index is 2.80. The van der Waals surface area contributed by atoms with Crippen molar-refractivity contribution in [2.24, 2.45) is 0 Å². The molecule has 6 heteroatoms. The van der Waals surface area contributed by atoms with E-state index < -0.39 is 11.7 Å². The first kappa shape index (κ1) is 13.5. The van der Waals surface area contributed by atoms with Gasteiger partial charge >= 0.3 is 0 Å². The van der Waals surface area contributed by atoms with Gasteiger partial charge < -0.3 is 14.7 Å². The van der Waals surface area contributed by atoms with Crippen molar-refractivity contribution in [2.45, 2.75) is 0 Å². The number of methoxy groups -OCH3 is 1. The standard InChI is InChI=1S/C11H15FN2O3/c1-17-7-5-14(4-6-15)11(16)9-2-3-13-8-10(9)12/h2-3,8,15H,4-7H2,1H3. The molecule has 17 heavy (non-hydrogen) atoms. The van der Waals surface area contributed by atoms with Gasteiger partial charge in [-0.25, -0.2) is 4.39 Å². The van der Waals surface area contributed by atoms with Crippen molar-refractivity contribution in [2.75, 3.05) is 33.4 Å². The molecule has 1 heterocycles. The van der Waals surface area contributed by atoms with Gasteiger partial charge in [-0.1, -0.05) is 0 Å². The van der Waals surface area contributed by atoms with Crippen molar-refractivity contribution in [1.82, 2.24) is 9.88 Å². The third-order valence-corrected chi connectivity index (χ3v) is 2.23. The third-order valence-electron chi connectivity index (χ3n) is 2.23. The van der Waals surface area contributed by atoms with Gasteiger partial charge in [0, 0.05) is 26.4 Å². The first-order valence-electron chi connectivity index (χ1n) is 5.19. The van der Waals surface area contributed by atoms with Crippen molar-refractivity contribution in [3.63, 3.8) is 0 Å². The molecule has 0 atom stereocenters. The normalized spacial score (nSPS) is 10.3. The molecule has 0 aromatic carbocycles. The van der Waals surface area contributed by atoms with Gasteiger partial charge in [0.15, 0.2) is 5.82 Å². The van der Waals surface area contributed by atoms with Crippen LogP contribution in [0.2, 0.25) is 0 Å². The van der Waals surface area contributed by atoms with Crippen molar-refractivity contribution < 1.29 is 19.0 Å². The first-order chi connectivity index (χ1) is 8.20. The Morgan fingerprint density at radius 3 is 2.94 bits per heavy atom. The number of aliphatic hydroxyl groups excluding tert-OH is 1. The van der Waals surface area contributed by atoms with Crippen molar-refractivity contribution in [3.8, 4) is 0 Å². The maximum Gasteiger partial charge on any atom is 0.257 e. The lowest BCUT2D eigenvalue weighted by Gasteiger charge is -2.21. The summed E-state index contributed by atoms with van der Waals surface area (Å²) in [5.74, 6) is -1.14. The Kier molecular flexibility index (Phi) is 5.51. The van der Waals surface area contributed by atoms with Crippen LogP contribution in [0.15, 0.2) is 18.5 Å². The molecule has 1 aromatic heterocycles. The lowest BCUT2D eigenvalue weighted by Crippen LogP contribution is -2.36. The number of aromatic nitrogens is 1. The number of hydrogen-bond donors (Lipinski definition) is 1. The van der Waals surface area contributed by atoms with E-state index in [1.54, 1.807) is 0 Å². The number of pyridine rings is 1. The Hall–Kier alpha value is -1.53. The minimum absolute atomic E-state index is 0.0513. The van der Waals surface area contributed by atoms with Crippen LogP contribution < -0.4 is 0 Å². The fraction of sp³-hybridized carbons (Fsp3) is 0.455. The van der Waals surface area contributed by atoms with Crippen molar-refractivity contribution >= 4 is 5.91 Å². The first-order valence-corrected chi connectivity index (χ1v) is 5.19. The number of carbonyl (C=O) groups is 1. The number of amides is 1. The summed E-state index contributed by atoms with van der Waals surface area (Å²) in [6, 6.07) is 1.31. The summed E-state index contributed by atoms with van der Waals surface area (Å²) in [6.45, 7) is 0.599. The smallest absolute Gasteiger partial charge is 0.257 e. The van der Waals surface area contributed by atoms with Crippen molar-refractivity contribution in [3.05, 3.63) is 29.8 Å². The van der Waals surface area contributed by atoms with E-state index in [1.807, 2.05) is 0 Å². The molecule has 0 unspecified atom stereocenters. The van der Waals surface area contributed by atoms with Gasteiger partial charge in [-0.15, -0.1) is 0 Å². The summed E-state index contributed by atoms with van der Waals surface area (Å²) >= 11 is 0. The Labute approximate surface area is 98.8 Å². The van der Waals surface area contributed by atoms with E-state index in [-0.39, 0.29) is 18.7 Å². The molecule has 0 saturated heterocycles. The number of carbonyl (C=O) groups excluding carboxylic acids is 1. The van der Waals surface area contributed by atoms with Crippen LogP contribution in [0.1, 0.15) is 10.4 Å². The summed E-state index contributed by atoms with van der Waals surface area (Å²) in [5, 5.41) is 8.86. The zero-order valence-corrected chi connectivity index (χ0v) is 9.60. The number of hydrogen-bond acceptors (Lipinski definition) is 4. The zero-order chi connectivity index (χ0) is 12.7. The lowest BCUT2D eigenvalue weighted by molar-refractivity contribution is 0.0651. The van der Waals surface area contributed by atoms with E-state index in [4.69, 9.17) is 9.84 Å². The summed E-state index contributed by atoms with van der Waals surface area (Å²) in [5.41, 5.74) is -0.0513. The predicted octanol–water partition coefficient (Wildman–Crippen LogP) is 0.302. The number of ether oxygens (including phenoxy) is 1. The van der Waals surface area contributed by atoms with Gasteiger partial charge in [-0.3, -0.25) is 9.78 Å². The van der Waals surface area contributed by atoms with Crippen LogP contribution >= 0.6 is 0 Å². The van der Waals surface area contributed by atoms with E-state index in [2.05, 4.69) is 4.98 Å². The highest BCUT2D eigenvalue weighted by molar-refractivity contribution is 5.94. The number of rotatable bonds is 6. The topological polar surface area (TPSA) is 62.7 Å². The molecule has 0 aliphatic rings. The molecule has 0 radical (unpaired) electrons. The van der Waals surface area contributed by atoms with Crippen LogP contribution in [0.25, 0.3) is 0 Å². The second-order valence-electron chi connectivity index (χ2n) is 3.36. The second kappa shape index (κ2) is 6.93. The molecule has 0 aliphatic heterocycles. The molecular weight excluding hydrogens is 227 g/mol. The van der Waals surface area contributed by atoms with Crippen LogP contribution in [0.3, 0.4) is 0 Å². The molecule has 0 spiro atoms. The van der Waals surface area contributed by atoms with Gasteiger partial charge in [0.1, 0.15) is 0 Å². The predicted molar refractivity (Wildman–Crippen MR) is 59.1 cm³/mol. The minimum Gasteiger partial charge on any atom is -0.395 e. The fourth-order valence-corrected chi connectivity index (χ4v) is 1.36. The molecule has 0 aliphatic carbocycles. The summed E-state index contributed by atoms with van der Waals surface area (Å²) in [4.78, 5) is 16.9. The van der Waals surface area contributed by atoms with Crippen LogP contribution in [0.4, 0.5) is 4.39 Å². The molecule has 1 amide bonds. The maximum atomic E-state index is 13.4. The summed E-state index contributed by atoms with van der Waals surface area (Å²) < 4.78 is 18.2. The molecule has 1 rings (SSSR count). The molecule has 94 valence electrons. The molecular formula is C11H15FN2O3. The van der Waals surface area contributed by atoms with Gasteiger partial charge in [0.2, 0.25) is 0 Å². The number of nitrogens with zero attached hydrogens (tertiary/aromatic N) is 2.